The van der Waals surface area contributed by atoms with Crippen LogP contribution in [-0.2, 0) is 6.42 Å². The summed E-state index contributed by atoms with van der Waals surface area (Å²) in [5.74, 6) is -0.988. The predicted octanol–water partition coefficient (Wildman–Crippen LogP) is 5.91. The van der Waals surface area contributed by atoms with Gasteiger partial charge in [0.25, 0.3) is 5.91 Å². The Morgan fingerprint density at radius 3 is 2.35 bits per heavy atom. The molecule has 0 aliphatic rings. The number of carbonyl (C=O) groups excluding carboxylic acids is 2. The maximum atomic E-state index is 13.7. The highest BCUT2D eigenvalue weighted by Crippen LogP contribution is 2.26. The van der Waals surface area contributed by atoms with Crippen molar-refractivity contribution in [2.75, 3.05) is 6.54 Å². The first-order chi connectivity index (χ1) is 17.6. The van der Waals surface area contributed by atoms with Gasteiger partial charge in [-0.3, -0.25) is 9.59 Å². The van der Waals surface area contributed by atoms with Gasteiger partial charge in [-0.15, -0.1) is 0 Å². The quantitative estimate of drug-likeness (QED) is 0.247. The lowest BCUT2D eigenvalue weighted by atomic mass is 9.96. The molecule has 3 aromatic carbocycles. The number of hydrogen-bond donors (Lipinski definition) is 3. The van der Waals surface area contributed by atoms with E-state index in [0.29, 0.717) is 23.0 Å². The number of Topliss-reactive ketones (excluding diaryl/α,β-unsaturated/α-hetero) is 1. The Balaban J connectivity index is 1.54. The van der Waals surface area contributed by atoms with Crippen molar-refractivity contribution in [1.82, 2.24) is 15.6 Å². The number of aromatic nitrogens is 1. The van der Waals surface area contributed by atoms with Crippen molar-refractivity contribution >= 4 is 22.6 Å². The van der Waals surface area contributed by atoms with Gasteiger partial charge in [0.1, 0.15) is 6.04 Å². The number of H-pyrrole nitrogens is 1. The van der Waals surface area contributed by atoms with E-state index in [1.54, 1.807) is 12.3 Å². The van der Waals surface area contributed by atoms with Crippen LogP contribution in [0.1, 0.15) is 50.4 Å². The van der Waals surface area contributed by atoms with E-state index in [1.807, 2.05) is 42.6 Å². The number of hydrogen-bond acceptors (Lipinski definition) is 3. The summed E-state index contributed by atoms with van der Waals surface area (Å²) in [7, 11) is 0. The van der Waals surface area contributed by atoms with Crippen LogP contribution in [0, 0.1) is 6.92 Å². The summed E-state index contributed by atoms with van der Waals surface area (Å²) in [5, 5.41) is 5.93. The minimum atomic E-state index is -4.54. The largest absolute Gasteiger partial charge is 0.408 e. The summed E-state index contributed by atoms with van der Waals surface area (Å²) >= 11 is 0. The number of aromatic amines is 1. The molecule has 0 radical (unpaired) electrons. The van der Waals surface area contributed by atoms with Crippen LogP contribution < -0.4 is 10.6 Å². The van der Waals surface area contributed by atoms with Crippen LogP contribution in [0.3, 0.4) is 0 Å². The first-order valence-corrected chi connectivity index (χ1v) is 12.0. The molecule has 5 nitrogen and oxygen atoms in total. The van der Waals surface area contributed by atoms with Crippen molar-refractivity contribution in [3.8, 4) is 0 Å². The third-order valence-corrected chi connectivity index (χ3v) is 6.33. The number of rotatable bonds is 9. The fourth-order valence-corrected chi connectivity index (χ4v) is 4.11. The number of nitrogens with one attached hydrogen (secondary N) is 3. The van der Waals surface area contributed by atoms with Gasteiger partial charge in [0, 0.05) is 34.8 Å². The number of ketones is 1. The van der Waals surface area contributed by atoms with E-state index in [0.717, 1.165) is 24.5 Å². The molecule has 0 saturated heterocycles. The molecule has 37 heavy (non-hydrogen) atoms. The fourth-order valence-electron chi connectivity index (χ4n) is 4.11. The second-order valence-electron chi connectivity index (χ2n) is 9.10. The Bertz CT molecular complexity index is 1380. The molecule has 3 N–H and O–H groups in total. The van der Waals surface area contributed by atoms with Gasteiger partial charge in [0.2, 0.25) is 0 Å². The van der Waals surface area contributed by atoms with Crippen LogP contribution in [0.2, 0.25) is 0 Å². The second-order valence-corrected chi connectivity index (χ2v) is 9.10. The van der Waals surface area contributed by atoms with E-state index in [-0.39, 0.29) is 11.3 Å². The SMILES string of the molecule is Cc1ccc(CCN[C@@H](C(=O)c2c[nH]c3cc(C(=O)N[C@@H](C)C(F)(F)F)ccc23)c2ccccc2)cc1. The molecule has 4 rings (SSSR count). The Morgan fingerprint density at radius 2 is 1.68 bits per heavy atom. The van der Waals surface area contributed by atoms with Gasteiger partial charge in [-0.2, -0.15) is 13.2 Å². The van der Waals surface area contributed by atoms with Gasteiger partial charge in [0.05, 0.1) is 6.04 Å². The summed E-state index contributed by atoms with van der Waals surface area (Å²) in [6, 6.07) is 19.5. The van der Waals surface area contributed by atoms with Crippen LogP contribution in [0.4, 0.5) is 13.2 Å². The van der Waals surface area contributed by atoms with Gasteiger partial charge >= 0.3 is 6.18 Å². The van der Waals surface area contributed by atoms with E-state index >= 15 is 0 Å². The Labute approximate surface area is 213 Å². The Kier molecular flexibility index (Phi) is 7.78. The summed E-state index contributed by atoms with van der Waals surface area (Å²) < 4.78 is 38.5. The molecule has 2 atom stereocenters. The van der Waals surface area contributed by atoms with Gasteiger partial charge < -0.3 is 15.6 Å². The third kappa shape index (κ3) is 6.27. The molecular formula is C29H28F3N3O2. The summed E-state index contributed by atoms with van der Waals surface area (Å²) in [6.45, 7) is 3.50. The predicted molar refractivity (Wildman–Crippen MR) is 138 cm³/mol. The minimum absolute atomic E-state index is 0.0697. The van der Waals surface area contributed by atoms with Crippen molar-refractivity contribution in [2.45, 2.75) is 38.5 Å². The maximum absolute atomic E-state index is 13.7. The average molecular weight is 508 g/mol. The molecule has 1 heterocycles. The molecule has 8 heteroatoms. The smallest absolute Gasteiger partial charge is 0.360 e. The van der Waals surface area contributed by atoms with E-state index in [9.17, 15) is 22.8 Å². The van der Waals surface area contributed by atoms with Crippen LogP contribution in [0.5, 0.6) is 0 Å². The zero-order chi connectivity index (χ0) is 26.6. The average Bonchev–Trinajstić information content (AvgIpc) is 3.30. The zero-order valence-corrected chi connectivity index (χ0v) is 20.5. The van der Waals surface area contributed by atoms with Gasteiger partial charge in [0.15, 0.2) is 5.78 Å². The molecule has 1 aromatic heterocycles. The highest BCUT2D eigenvalue weighted by atomic mass is 19.4. The topological polar surface area (TPSA) is 74.0 Å². The van der Waals surface area contributed by atoms with E-state index in [1.165, 1.54) is 17.7 Å². The molecule has 0 unspecified atom stereocenters. The normalized spacial score (nSPS) is 13.3. The molecule has 4 aromatic rings. The first-order valence-electron chi connectivity index (χ1n) is 12.0. The molecule has 0 aliphatic carbocycles. The second kappa shape index (κ2) is 11.0. The number of aryl methyl sites for hydroxylation is 1. The first kappa shape index (κ1) is 26.2. The zero-order valence-electron chi connectivity index (χ0n) is 20.5. The minimum Gasteiger partial charge on any atom is -0.360 e. The number of benzene rings is 3. The summed E-state index contributed by atoms with van der Waals surface area (Å²) in [4.78, 5) is 29.0. The van der Waals surface area contributed by atoms with Crippen LogP contribution in [-0.4, -0.2) is 35.4 Å². The lowest BCUT2D eigenvalue weighted by Crippen LogP contribution is -2.43. The van der Waals surface area contributed by atoms with Gasteiger partial charge in [-0.05, 0) is 43.5 Å². The lowest BCUT2D eigenvalue weighted by Gasteiger charge is -2.18. The number of fused-ring (bicyclic) bond motifs is 1. The third-order valence-electron chi connectivity index (χ3n) is 6.33. The fraction of sp³-hybridized carbons (Fsp3) is 0.241. The molecule has 0 spiro atoms. The van der Waals surface area contributed by atoms with Crippen molar-refractivity contribution in [3.05, 3.63) is 107 Å². The monoisotopic (exact) mass is 507 g/mol. The van der Waals surface area contributed by atoms with E-state index in [2.05, 4.69) is 34.6 Å². The van der Waals surface area contributed by atoms with Gasteiger partial charge in [-0.1, -0.05) is 66.2 Å². The van der Waals surface area contributed by atoms with Crippen LogP contribution in [0.25, 0.3) is 10.9 Å². The molecule has 192 valence electrons. The van der Waals surface area contributed by atoms with Crippen LogP contribution in [0.15, 0.2) is 79.0 Å². The summed E-state index contributed by atoms with van der Waals surface area (Å²) in [5.41, 5.74) is 4.16. The molecular weight excluding hydrogens is 479 g/mol. The number of carbonyl (C=O) groups is 2. The van der Waals surface area contributed by atoms with Crippen LogP contribution >= 0.6 is 0 Å². The van der Waals surface area contributed by atoms with Crippen molar-refractivity contribution in [1.29, 1.82) is 0 Å². The molecule has 1 amide bonds. The Morgan fingerprint density at radius 1 is 0.973 bits per heavy atom. The van der Waals surface area contributed by atoms with E-state index < -0.39 is 24.2 Å². The number of halogens is 3. The van der Waals surface area contributed by atoms with Crippen molar-refractivity contribution < 1.29 is 22.8 Å². The maximum Gasteiger partial charge on any atom is 0.408 e. The molecule has 0 bridgehead atoms. The van der Waals surface area contributed by atoms with E-state index in [4.69, 9.17) is 0 Å². The number of alkyl halides is 3. The highest BCUT2D eigenvalue weighted by molar-refractivity contribution is 6.11. The standard InChI is InChI=1S/C29H28F3N3O2/c1-18-8-10-20(11-9-18)14-15-33-26(21-6-4-3-5-7-21)27(36)24-17-34-25-16-22(12-13-23(24)25)28(37)35-19(2)29(30,31)32/h3-13,16-17,19,26,33-34H,14-15H2,1-2H3,(H,35,37)/t19-,26+/m0/s1. The van der Waals surface area contributed by atoms with Gasteiger partial charge in [-0.25, -0.2) is 0 Å². The molecule has 0 fully saturated rings. The Hall–Kier alpha value is -3.91. The highest BCUT2D eigenvalue weighted by Gasteiger charge is 2.37. The van der Waals surface area contributed by atoms with Crippen molar-refractivity contribution in [2.24, 2.45) is 0 Å². The molecule has 0 aliphatic heterocycles. The molecule has 0 saturated carbocycles. The van der Waals surface area contributed by atoms with Crippen molar-refractivity contribution in [3.63, 3.8) is 0 Å². The summed E-state index contributed by atoms with van der Waals surface area (Å²) in [6.07, 6.45) is -2.21. The lowest BCUT2D eigenvalue weighted by molar-refractivity contribution is -0.149. The number of amides is 1.